The first-order valence-electron chi connectivity index (χ1n) is 10.5. The summed E-state index contributed by atoms with van der Waals surface area (Å²) in [5.41, 5.74) is 3.70. The molecule has 0 saturated carbocycles. The summed E-state index contributed by atoms with van der Waals surface area (Å²) in [5.74, 6) is -0.709. The molecule has 0 atom stereocenters. The van der Waals surface area contributed by atoms with Gasteiger partial charge in [-0.2, -0.15) is 0 Å². The number of hydrogen-bond donors (Lipinski definition) is 1. The minimum atomic E-state index is -0.598. The zero-order valence-corrected chi connectivity index (χ0v) is 18.8. The van der Waals surface area contributed by atoms with Crippen LogP contribution in [0.3, 0.4) is 0 Å². The SMILES string of the molecule is Cc1ccc(-c2nc(CCNC(=O)CCCn3c(=O)oc4cc([N+](=O)[O-])ccc43)cs2)cc1. The van der Waals surface area contributed by atoms with E-state index in [1.54, 1.807) is 11.3 Å². The van der Waals surface area contributed by atoms with E-state index >= 15 is 0 Å². The summed E-state index contributed by atoms with van der Waals surface area (Å²) in [5, 5.41) is 16.7. The van der Waals surface area contributed by atoms with Crippen molar-refractivity contribution in [2.24, 2.45) is 0 Å². The summed E-state index contributed by atoms with van der Waals surface area (Å²) in [4.78, 5) is 39.2. The first-order chi connectivity index (χ1) is 15.9. The van der Waals surface area contributed by atoms with Crippen molar-refractivity contribution in [1.29, 1.82) is 0 Å². The van der Waals surface area contributed by atoms with E-state index in [2.05, 4.69) is 34.6 Å². The van der Waals surface area contributed by atoms with Crippen molar-refractivity contribution in [3.8, 4) is 10.6 Å². The monoisotopic (exact) mass is 466 g/mol. The fourth-order valence-corrected chi connectivity index (χ4v) is 4.31. The Labute approximate surface area is 192 Å². The molecule has 0 unspecified atom stereocenters. The number of nitrogens with one attached hydrogen (secondary N) is 1. The molecular weight excluding hydrogens is 444 g/mol. The van der Waals surface area contributed by atoms with Crippen molar-refractivity contribution in [3.05, 3.63) is 79.8 Å². The van der Waals surface area contributed by atoms with Gasteiger partial charge in [0.2, 0.25) is 5.91 Å². The number of nitro groups is 1. The number of non-ortho nitro benzene ring substituents is 1. The Balaban J connectivity index is 1.24. The molecule has 0 aliphatic heterocycles. The third kappa shape index (κ3) is 5.35. The van der Waals surface area contributed by atoms with Crippen LogP contribution in [0, 0.1) is 17.0 Å². The highest BCUT2D eigenvalue weighted by atomic mass is 32.1. The smallest absolute Gasteiger partial charge is 0.407 e. The van der Waals surface area contributed by atoms with E-state index < -0.39 is 10.7 Å². The lowest BCUT2D eigenvalue weighted by atomic mass is 10.2. The number of nitrogens with zero attached hydrogens (tertiary/aromatic N) is 3. The van der Waals surface area contributed by atoms with Gasteiger partial charge in [0.25, 0.3) is 5.69 Å². The van der Waals surface area contributed by atoms with E-state index in [4.69, 9.17) is 4.42 Å². The van der Waals surface area contributed by atoms with Crippen molar-refractivity contribution in [1.82, 2.24) is 14.9 Å². The number of aromatic nitrogens is 2. The van der Waals surface area contributed by atoms with Gasteiger partial charge in [-0.3, -0.25) is 19.5 Å². The van der Waals surface area contributed by atoms with Crippen LogP contribution >= 0.6 is 11.3 Å². The fourth-order valence-electron chi connectivity index (χ4n) is 3.45. The van der Waals surface area contributed by atoms with E-state index in [0.717, 1.165) is 16.3 Å². The summed E-state index contributed by atoms with van der Waals surface area (Å²) in [6.45, 7) is 2.81. The molecule has 33 heavy (non-hydrogen) atoms. The first-order valence-corrected chi connectivity index (χ1v) is 11.3. The molecule has 9 nitrogen and oxygen atoms in total. The van der Waals surface area contributed by atoms with Crippen LogP contribution in [0.2, 0.25) is 0 Å². The third-order valence-corrected chi connectivity index (χ3v) is 6.14. The standard InChI is InChI=1S/C23H22N4O5S/c1-15-4-6-16(7-5-15)22-25-17(14-33-22)10-11-24-21(28)3-2-12-26-19-9-8-18(27(30)31)13-20(19)32-23(26)29/h4-9,13-14H,2-3,10-12H2,1H3,(H,24,28). The molecule has 0 saturated heterocycles. The molecule has 0 bridgehead atoms. The molecule has 0 aliphatic rings. The quantitative estimate of drug-likeness (QED) is 0.293. The van der Waals surface area contributed by atoms with Crippen molar-refractivity contribution in [2.75, 3.05) is 6.54 Å². The van der Waals surface area contributed by atoms with Gasteiger partial charge in [-0.15, -0.1) is 11.3 Å². The molecule has 2 heterocycles. The number of carbonyl (C=O) groups excluding carboxylic acids is 1. The second-order valence-electron chi connectivity index (χ2n) is 7.64. The molecule has 1 amide bonds. The number of oxazole rings is 1. The Morgan fingerprint density at radius 3 is 2.79 bits per heavy atom. The normalized spacial score (nSPS) is 11.1. The number of benzene rings is 2. The maximum absolute atomic E-state index is 12.2. The predicted molar refractivity (Wildman–Crippen MR) is 125 cm³/mol. The summed E-state index contributed by atoms with van der Waals surface area (Å²) in [7, 11) is 0. The predicted octanol–water partition coefficient (Wildman–Crippen LogP) is 4.07. The van der Waals surface area contributed by atoms with Crippen LogP contribution in [0.15, 0.2) is 57.1 Å². The summed E-state index contributed by atoms with van der Waals surface area (Å²) >= 11 is 1.58. The molecule has 170 valence electrons. The van der Waals surface area contributed by atoms with Gasteiger partial charge in [-0.05, 0) is 19.4 Å². The number of thiazole rings is 1. The van der Waals surface area contributed by atoms with Gasteiger partial charge in [0.1, 0.15) is 5.01 Å². The molecule has 2 aromatic heterocycles. The zero-order chi connectivity index (χ0) is 23.4. The minimum Gasteiger partial charge on any atom is -0.407 e. The minimum absolute atomic E-state index is 0.111. The highest BCUT2D eigenvalue weighted by molar-refractivity contribution is 7.13. The van der Waals surface area contributed by atoms with Gasteiger partial charge >= 0.3 is 5.76 Å². The van der Waals surface area contributed by atoms with E-state index in [1.165, 1.54) is 28.3 Å². The van der Waals surface area contributed by atoms with E-state index in [0.29, 0.717) is 24.9 Å². The van der Waals surface area contributed by atoms with Gasteiger partial charge in [0.15, 0.2) is 5.58 Å². The number of fused-ring (bicyclic) bond motifs is 1. The molecule has 4 rings (SSSR count). The number of carbonyl (C=O) groups is 1. The summed E-state index contributed by atoms with van der Waals surface area (Å²) in [6, 6.07) is 12.2. The molecule has 0 radical (unpaired) electrons. The zero-order valence-electron chi connectivity index (χ0n) is 17.9. The molecule has 0 spiro atoms. The van der Waals surface area contributed by atoms with Crippen LogP contribution < -0.4 is 11.1 Å². The van der Waals surface area contributed by atoms with Gasteiger partial charge in [-0.25, -0.2) is 9.78 Å². The maximum atomic E-state index is 12.2. The van der Waals surface area contributed by atoms with E-state index in [-0.39, 0.29) is 30.1 Å². The van der Waals surface area contributed by atoms with Crippen molar-refractivity contribution in [2.45, 2.75) is 32.7 Å². The maximum Gasteiger partial charge on any atom is 0.419 e. The van der Waals surface area contributed by atoms with Crippen LogP contribution in [0.25, 0.3) is 21.7 Å². The number of amides is 1. The van der Waals surface area contributed by atoms with Crippen LogP contribution in [-0.2, 0) is 17.8 Å². The average Bonchev–Trinajstić information content (AvgIpc) is 3.38. The average molecular weight is 467 g/mol. The van der Waals surface area contributed by atoms with Gasteiger partial charge < -0.3 is 9.73 Å². The highest BCUT2D eigenvalue weighted by Crippen LogP contribution is 2.24. The molecule has 1 N–H and O–H groups in total. The molecule has 2 aromatic carbocycles. The molecule has 4 aromatic rings. The third-order valence-electron chi connectivity index (χ3n) is 5.20. The number of aryl methyl sites for hydroxylation is 2. The van der Waals surface area contributed by atoms with Gasteiger partial charge in [-0.1, -0.05) is 29.8 Å². The Kier molecular flexibility index (Phi) is 6.64. The Morgan fingerprint density at radius 1 is 1.24 bits per heavy atom. The fraction of sp³-hybridized carbons (Fsp3) is 0.261. The van der Waals surface area contributed by atoms with Crippen molar-refractivity contribution >= 4 is 34.0 Å². The van der Waals surface area contributed by atoms with E-state index in [9.17, 15) is 19.7 Å². The largest absolute Gasteiger partial charge is 0.419 e. The topological polar surface area (TPSA) is 120 Å². The lowest BCUT2D eigenvalue weighted by Gasteiger charge is -2.05. The lowest BCUT2D eigenvalue weighted by molar-refractivity contribution is -0.384. The van der Waals surface area contributed by atoms with Crippen molar-refractivity contribution < 1.29 is 14.1 Å². The second kappa shape index (κ2) is 9.78. The number of nitro benzene ring substituents is 1. The Hall–Kier alpha value is -3.79. The lowest BCUT2D eigenvalue weighted by Crippen LogP contribution is -2.26. The molecule has 10 heteroatoms. The molecule has 0 fully saturated rings. The Bertz CT molecular complexity index is 1350. The molecular formula is C23H22N4O5S. The van der Waals surface area contributed by atoms with E-state index in [1.807, 2.05) is 12.3 Å². The van der Waals surface area contributed by atoms with Crippen molar-refractivity contribution in [3.63, 3.8) is 0 Å². The van der Waals surface area contributed by atoms with Crippen LogP contribution in [0.1, 0.15) is 24.1 Å². The van der Waals surface area contributed by atoms with Crippen LogP contribution in [0.5, 0.6) is 0 Å². The summed E-state index contributed by atoms with van der Waals surface area (Å²) < 4.78 is 6.48. The first kappa shape index (κ1) is 22.4. The number of rotatable bonds is 9. The molecule has 0 aliphatic carbocycles. The van der Waals surface area contributed by atoms with Crippen LogP contribution in [0.4, 0.5) is 5.69 Å². The second-order valence-corrected chi connectivity index (χ2v) is 8.50. The summed E-state index contributed by atoms with van der Waals surface area (Å²) in [6.07, 6.45) is 1.32. The Morgan fingerprint density at radius 2 is 2.03 bits per heavy atom. The van der Waals surface area contributed by atoms with Gasteiger partial charge in [0.05, 0.1) is 22.2 Å². The van der Waals surface area contributed by atoms with Gasteiger partial charge in [0, 0.05) is 42.9 Å². The highest BCUT2D eigenvalue weighted by Gasteiger charge is 2.14. The van der Waals surface area contributed by atoms with Crippen LogP contribution in [-0.4, -0.2) is 26.9 Å². The number of hydrogen-bond acceptors (Lipinski definition) is 7.